The Labute approximate surface area is 456 Å². The summed E-state index contributed by atoms with van der Waals surface area (Å²) in [4.78, 5) is 148. The fourth-order valence-electron chi connectivity index (χ4n) is 11.2. The van der Waals surface area contributed by atoms with Gasteiger partial charge in [-0.2, -0.15) is 0 Å². The number of nitrogens with one attached hydrogen (secondary N) is 7. The number of imide groups is 1. The molecule has 8 N–H and O–H groups in total. The fraction of sp³-hybridized carbons (Fsp3) is 0.418. The van der Waals surface area contributed by atoms with E-state index in [0.29, 0.717) is 100.0 Å². The topological polar surface area (TPSA) is 332 Å². The molecule has 1 fully saturated rings. The maximum absolute atomic E-state index is 15.6. The second-order valence-electron chi connectivity index (χ2n) is 20.2. The third-order valence-electron chi connectivity index (χ3n) is 15.2. The zero-order chi connectivity index (χ0) is 57.0. The number of aryl methyl sites for hydroxylation is 1. The number of carboxylic acid groups (broad SMARTS) is 1. The maximum atomic E-state index is 15.6. The highest BCUT2D eigenvalue weighted by Gasteiger charge is 2.45. The smallest absolute Gasteiger partial charge is 0.317 e. The number of cyclic esters (lactones) is 1. The number of ether oxygens (including phenoxy) is 2. The Kier molecular flexibility index (Phi) is 16.6. The number of esters is 1. The molecule has 4 atom stereocenters. The molecular weight excluding hydrogens is 1040 g/mol. The van der Waals surface area contributed by atoms with E-state index in [2.05, 4.69) is 37.2 Å². The maximum Gasteiger partial charge on any atom is 0.317 e. The van der Waals surface area contributed by atoms with Crippen molar-refractivity contribution in [3.05, 3.63) is 110 Å². The van der Waals surface area contributed by atoms with Gasteiger partial charge in [0.25, 0.3) is 23.3 Å². The molecule has 0 saturated heterocycles. The predicted octanol–water partition coefficient (Wildman–Crippen LogP) is -0.0264. The number of carbonyl (C=O) groups is 10. The Morgan fingerprint density at radius 1 is 0.863 bits per heavy atom. The summed E-state index contributed by atoms with van der Waals surface area (Å²) in [6.07, 6.45) is 5.07. The molecule has 3 aliphatic heterocycles. The molecule has 2 aromatic heterocycles. The summed E-state index contributed by atoms with van der Waals surface area (Å²) >= 11 is 0. The van der Waals surface area contributed by atoms with E-state index in [1.807, 2.05) is 13.0 Å². The average Bonchev–Trinajstić information content (AvgIpc) is 4.32. The molecule has 2 aliphatic carbocycles. The van der Waals surface area contributed by atoms with Crippen LogP contribution in [-0.4, -0.2) is 136 Å². The van der Waals surface area contributed by atoms with Gasteiger partial charge in [0.2, 0.25) is 29.5 Å². The molecule has 2 aromatic carbocycles. The van der Waals surface area contributed by atoms with Crippen molar-refractivity contribution in [3.63, 3.8) is 0 Å². The highest BCUT2D eigenvalue weighted by Crippen LogP contribution is 2.46. The molecule has 4 unspecified atom stereocenters. The Hall–Kier alpha value is -8.71. The molecular formula is C55H59FN10O14. The summed E-state index contributed by atoms with van der Waals surface area (Å²) in [5.41, 5.74) is 3.94. The van der Waals surface area contributed by atoms with Crippen LogP contribution in [0, 0.1) is 12.7 Å². The average molecular weight is 1100 g/mol. The van der Waals surface area contributed by atoms with Gasteiger partial charge in [-0.05, 0) is 85.8 Å². The lowest BCUT2D eigenvalue weighted by molar-refractivity contribution is -0.150. The molecule has 25 heteroatoms. The van der Waals surface area contributed by atoms with Crippen LogP contribution in [0.2, 0.25) is 0 Å². The van der Waals surface area contributed by atoms with Crippen LogP contribution in [0.1, 0.15) is 96.4 Å². The Morgan fingerprint density at radius 2 is 1.55 bits per heavy atom. The van der Waals surface area contributed by atoms with E-state index in [0.717, 1.165) is 23.3 Å². The van der Waals surface area contributed by atoms with E-state index < -0.39 is 134 Å². The van der Waals surface area contributed by atoms with Crippen molar-refractivity contribution >= 4 is 70.1 Å². The van der Waals surface area contributed by atoms with E-state index in [9.17, 15) is 52.7 Å². The first-order valence-corrected chi connectivity index (χ1v) is 26.3. The Morgan fingerprint density at radius 3 is 2.25 bits per heavy atom. The molecule has 8 amide bonds. The van der Waals surface area contributed by atoms with Crippen LogP contribution < -0.4 is 42.8 Å². The van der Waals surface area contributed by atoms with Crippen molar-refractivity contribution in [2.45, 2.75) is 108 Å². The molecule has 4 aromatic rings. The molecule has 420 valence electrons. The second-order valence-corrected chi connectivity index (χ2v) is 20.2. The van der Waals surface area contributed by atoms with Crippen LogP contribution in [0.15, 0.2) is 59.4 Å². The van der Waals surface area contributed by atoms with E-state index in [-0.39, 0.29) is 25.1 Å². The van der Waals surface area contributed by atoms with Crippen molar-refractivity contribution < 1.29 is 66.9 Å². The van der Waals surface area contributed by atoms with E-state index in [1.54, 1.807) is 41.8 Å². The SMILES string of the molecule is CCC1C(=O)OCc2c1cc1n(c2=O)Cc2c-1nc1cc(F)c(C)c3c1c2C(NC(=O)C1(OCNC(=O)CNC(=O)C(Cc2ccccc2)NC(=O)CNC(=O)CNC(=O)C(CNCC(=O)O)N2C(=O)C=CC2=O)CCCC1)CC3. The highest BCUT2D eigenvalue weighted by molar-refractivity contribution is 6.15. The van der Waals surface area contributed by atoms with Gasteiger partial charge in [-0.3, -0.25) is 57.6 Å². The number of benzene rings is 2. The molecule has 0 bridgehead atoms. The van der Waals surface area contributed by atoms with Gasteiger partial charge in [0.1, 0.15) is 36.8 Å². The van der Waals surface area contributed by atoms with Crippen LogP contribution in [0.3, 0.4) is 0 Å². The van der Waals surface area contributed by atoms with Crippen molar-refractivity contribution in [1.82, 2.24) is 51.7 Å². The largest absolute Gasteiger partial charge is 0.480 e. The lowest BCUT2D eigenvalue weighted by atomic mass is 9.81. The number of fused-ring (bicyclic) bond motifs is 5. The van der Waals surface area contributed by atoms with Gasteiger partial charge in [0, 0.05) is 42.1 Å². The number of hydrogen-bond donors (Lipinski definition) is 8. The molecule has 0 radical (unpaired) electrons. The van der Waals surface area contributed by atoms with Gasteiger partial charge in [0.15, 0.2) is 0 Å². The minimum atomic E-state index is -1.50. The molecule has 9 rings (SSSR count). The highest BCUT2D eigenvalue weighted by atomic mass is 19.1. The summed E-state index contributed by atoms with van der Waals surface area (Å²) in [7, 11) is 0. The lowest BCUT2D eigenvalue weighted by Gasteiger charge is -2.34. The number of carbonyl (C=O) groups excluding carboxylic acids is 9. The van der Waals surface area contributed by atoms with Gasteiger partial charge in [-0.15, -0.1) is 0 Å². The lowest BCUT2D eigenvalue weighted by Crippen LogP contribution is -2.56. The number of rotatable bonds is 22. The molecule has 5 heterocycles. The number of amides is 8. The number of nitrogens with zero attached hydrogens (tertiary/aromatic N) is 3. The normalized spacial score (nSPS) is 18.1. The Balaban J connectivity index is 0.811. The van der Waals surface area contributed by atoms with Gasteiger partial charge >= 0.3 is 11.9 Å². The Bertz CT molecular complexity index is 3320. The summed E-state index contributed by atoms with van der Waals surface area (Å²) < 4.78 is 28.8. The van der Waals surface area contributed by atoms with Crippen molar-refractivity contribution in [2.24, 2.45) is 0 Å². The molecule has 24 nitrogen and oxygen atoms in total. The number of hydrogen-bond acceptors (Lipinski definition) is 15. The van der Waals surface area contributed by atoms with E-state index in [1.165, 1.54) is 6.07 Å². The number of aromatic nitrogens is 2. The summed E-state index contributed by atoms with van der Waals surface area (Å²) in [6, 6.07) is 8.47. The first kappa shape index (κ1) is 56.0. The third-order valence-corrected chi connectivity index (χ3v) is 15.2. The van der Waals surface area contributed by atoms with Crippen LogP contribution in [0.4, 0.5) is 4.39 Å². The minimum absolute atomic E-state index is 0.0218. The monoisotopic (exact) mass is 1100 g/mol. The third kappa shape index (κ3) is 11.5. The van der Waals surface area contributed by atoms with Gasteiger partial charge < -0.3 is 56.4 Å². The van der Waals surface area contributed by atoms with Crippen LogP contribution in [-0.2, 0) is 83.4 Å². The first-order chi connectivity index (χ1) is 38.4. The standard InChI is InChI=1S/C55H59FN10O14/c1-3-30-32-18-39-49-33(25-65(39)52(76)34(32)26-79-53(30)77)48-36(12-11-31-28(2)35(56)19-37(63-49)47(31)48)64-54(78)55(15-7-8-16-55)80-27-61-42(68)22-59-50(74)38(17-29-9-5-4-6-10-29)62-43(69)23-58-41(67)21-60-51(75)40(20-57-24-46(72)73)66-44(70)13-14-45(66)71/h4-6,9-10,13-14,18-19,30,36,38,40,57H,3,7-8,11-12,15-17,20-27H2,1-2H3,(H,58,67)(H,59,74)(H,60,75)(H,61,68)(H,62,69)(H,64,78)(H,72,73). The number of carboxylic acids is 1. The van der Waals surface area contributed by atoms with Crippen molar-refractivity contribution in [3.8, 4) is 11.4 Å². The number of pyridine rings is 2. The van der Waals surface area contributed by atoms with Crippen LogP contribution >= 0.6 is 0 Å². The summed E-state index contributed by atoms with van der Waals surface area (Å²) in [6.45, 7) is 0.172. The zero-order valence-electron chi connectivity index (χ0n) is 43.8. The minimum Gasteiger partial charge on any atom is -0.480 e. The van der Waals surface area contributed by atoms with Gasteiger partial charge in [-0.1, -0.05) is 37.3 Å². The van der Waals surface area contributed by atoms with Gasteiger partial charge in [-0.25, -0.2) is 9.37 Å². The van der Waals surface area contributed by atoms with E-state index >= 15 is 4.39 Å². The van der Waals surface area contributed by atoms with Crippen LogP contribution in [0.5, 0.6) is 0 Å². The van der Waals surface area contributed by atoms with E-state index in [4.69, 9.17) is 19.6 Å². The zero-order valence-corrected chi connectivity index (χ0v) is 43.8. The summed E-state index contributed by atoms with van der Waals surface area (Å²) in [5.74, 6) is -8.86. The number of aliphatic carboxylic acids is 1. The predicted molar refractivity (Wildman–Crippen MR) is 279 cm³/mol. The first-order valence-electron chi connectivity index (χ1n) is 26.3. The molecule has 5 aliphatic rings. The molecule has 0 spiro atoms. The second kappa shape index (κ2) is 23.7. The fourth-order valence-corrected chi connectivity index (χ4v) is 11.2. The number of halogens is 1. The molecule has 80 heavy (non-hydrogen) atoms. The summed E-state index contributed by atoms with van der Waals surface area (Å²) in [5, 5.41) is 27.6. The molecule has 1 saturated carbocycles. The van der Waals surface area contributed by atoms with Crippen molar-refractivity contribution in [2.75, 3.05) is 39.5 Å². The van der Waals surface area contributed by atoms with Crippen molar-refractivity contribution in [1.29, 1.82) is 0 Å². The van der Waals surface area contributed by atoms with Gasteiger partial charge in [0.05, 0.1) is 67.2 Å². The quantitative estimate of drug-likeness (QED) is 0.0256. The van der Waals surface area contributed by atoms with Crippen LogP contribution in [0.25, 0.3) is 22.3 Å².